The van der Waals surface area contributed by atoms with E-state index < -0.39 is 5.92 Å². The Labute approximate surface area is 131 Å². The van der Waals surface area contributed by atoms with Gasteiger partial charge in [0.2, 0.25) is 0 Å². The van der Waals surface area contributed by atoms with Crippen LogP contribution in [0, 0.1) is 5.92 Å². The molecule has 0 saturated heterocycles. The molecule has 0 amide bonds. The maximum absolute atomic E-state index is 12.1. The number of aromatic nitrogens is 1. The molecule has 1 aromatic heterocycles. The largest absolute Gasteiger partial charge is 0.465 e. The lowest BCUT2D eigenvalue weighted by Gasteiger charge is -2.16. The molecule has 0 radical (unpaired) electrons. The minimum Gasteiger partial charge on any atom is -0.465 e. The summed E-state index contributed by atoms with van der Waals surface area (Å²) >= 11 is 5.19. The number of hydrogen-bond acceptors (Lipinski definition) is 4. The van der Waals surface area contributed by atoms with Gasteiger partial charge in [0.1, 0.15) is 5.92 Å². The van der Waals surface area contributed by atoms with Gasteiger partial charge < -0.3 is 10.1 Å². The van der Waals surface area contributed by atoms with Gasteiger partial charge in [-0.15, -0.1) is 12.4 Å². The first-order valence-corrected chi connectivity index (χ1v) is 6.76. The molecule has 0 aliphatic rings. The summed E-state index contributed by atoms with van der Waals surface area (Å²) in [5, 5.41) is 2.83. The maximum Gasteiger partial charge on any atom is 0.322 e. The lowest BCUT2D eigenvalue weighted by molar-refractivity contribution is -0.144. The number of pyridine rings is 1. The molecule has 0 fully saturated rings. The van der Waals surface area contributed by atoms with Crippen LogP contribution in [0.25, 0.3) is 0 Å². The van der Waals surface area contributed by atoms with Crippen LogP contribution in [-0.4, -0.2) is 29.6 Å². The van der Waals surface area contributed by atoms with E-state index in [-0.39, 0.29) is 18.4 Å². The number of ether oxygens (including phenoxy) is 1. The van der Waals surface area contributed by atoms with Crippen LogP contribution in [0.5, 0.6) is 0 Å². The number of halogens is 1. The zero-order valence-corrected chi connectivity index (χ0v) is 13.6. The van der Waals surface area contributed by atoms with Crippen LogP contribution >= 0.6 is 24.6 Å². The quantitative estimate of drug-likeness (QED) is 0.646. The number of likely N-dealkylation sites (N-methyl/N-ethyl adjacent to an activating group) is 1. The van der Waals surface area contributed by atoms with Crippen LogP contribution in [0.2, 0.25) is 0 Å². The second-order valence-electron chi connectivity index (χ2n) is 4.65. The molecule has 1 aromatic rings. The van der Waals surface area contributed by atoms with Crippen molar-refractivity contribution in [3.05, 3.63) is 30.1 Å². The van der Waals surface area contributed by atoms with Crippen molar-refractivity contribution in [1.29, 1.82) is 0 Å². The predicted molar refractivity (Wildman–Crippen MR) is 86.3 cm³/mol. The van der Waals surface area contributed by atoms with Gasteiger partial charge in [-0.05, 0) is 24.5 Å². The summed E-state index contributed by atoms with van der Waals surface area (Å²) in [6.45, 7) is 4.58. The van der Waals surface area contributed by atoms with Crippen molar-refractivity contribution in [3.63, 3.8) is 0 Å². The Morgan fingerprint density at radius 2 is 2.15 bits per heavy atom. The SMILES string of the molecule is CNC(=S)C(C(=O)OCCC(C)C)c1ccccn1.Cl. The minimum absolute atomic E-state index is 0. The molecular formula is C14H21ClN2O2S. The van der Waals surface area contributed by atoms with Gasteiger partial charge in [0, 0.05) is 13.2 Å². The summed E-state index contributed by atoms with van der Waals surface area (Å²) in [7, 11) is 1.69. The number of esters is 1. The number of carbonyl (C=O) groups is 1. The van der Waals surface area contributed by atoms with Gasteiger partial charge in [0.15, 0.2) is 0 Å². The molecule has 0 spiro atoms. The lowest BCUT2D eigenvalue weighted by atomic mass is 10.0. The monoisotopic (exact) mass is 316 g/mol. The highest BCUT2D eigenvalue weighted by Gasteiger charge is 2.27. The van der Waals surface area contributed by atoms with Crippen molar-refractivity contribution >= 4 is 35.6 Å². The molecule has 1 unspecified atom stereocenters. The highest BCUT2D eigenvalue weighted by atomic mass is 35.5. The zero-order valence-electron chi connectivity index (χ0n) is 12.0. The Kier molecular flexibility index (Phi) is 9.08. The van der Waals surface area contributed by atoms with Crippen molar-refractivity contribution < 1.29 is 9.53 Å². The average molecular weight is 317 g/mol. The van der Waals surface area contributed by atoms with Crippen LogP contribution in [0.4, 0.5) is 0 Å². The Hall–Kier alpha value is -1.20. The van der Waals surface area contributed by atoms with Crippen LogP contribution in [0.3, 0.4) is 0 Å². The van der Waals surface area contributed by atoms with Crippen molar-refractivity contribution in [3.8, 4) is 0 Å². The highest BCUT2D eigenvalue weighted by molar-refractivity contribution is 7.80. The van der Waals surface area contributed by atoms with E-state index in [2.05, 4.69) is 24.1 Å². The van der Waals surface area contributed by atoms with E-state index in [0.29, 0.717) is 23.2 Å². The van der Waals surface area contributed by atoms with Crippen molar-refractivity contribution in [2.24, 2.45) is 5.92 Å². The summed E-state index contributed by atoms with van der Waals surface area (Å²) in [6, 6.07) is 5.40. The zero-order chi connectivity index (χ0) is 14.3. The molecular weight excluding hydrogens is 296 g/mol. The highest BCUT2D eigenvalue weighted by Crippen LogP contribution is 2.16. The Bertz CT molecular complexity index is 426. The van der Waals surface area contributed by atoms with Crippen LogP contribution < -0.4 is 5.32 Å². The van der Waals surface area contributed by atoms with Crippen molar-refractivity contribution in [2.75, 3.05) is 13.7 Å². The lowest BCUT2D eigenvalue weighted by Crippen LogP contribution is -2.31. The molecule has 0 bridgehead atoms. The molecule has 1 atom stereocenters. The van der Waals surface area contributed by atoms with E-state index in [9.17, 15) is 4.79 Å². The summed E-state index contributed by atoms with van der Waals surface area (Å²) in [5.41, 5.74) is 0.608. The van der Waals surface area contributed by atoms with Gasteiger partial charge >= 0.3 is 5.97 Å². The number of rotatable bonds is 6. The van der Waals surface area contributed by atoms with E-state index in [1.54, 1.807) is 25.4 Å². The first-order valence-electron chi connectivity index (χ1n) is 6.35. The number of nitrogens with zero attached hydrogens (tertiary/aromatic N) is 1. The van der Waals surface area contributed by atoms with Crippen molar-refractivity contribution in [2.45, 2.75) is 26.2 Å². The standard InChI is InChI=1S/C14H20N2O2S.ClH/c1-10(2)7-9-18-14(17)12(13(19)15-3)11-6-4-5-8-16-11;/h4-6,8,10,12H,7,9H2,1-3H3,(H,15,19);1H. The summed E-state index contributed by atoms with van der Waals surface area (Å²) in [5.74, 6) is -0.482. The topological polar surface area (TPSA) is 51.2 Å². The summed E-state index contributed by atoms with van der Waals surface area (Å²) in [4.78, 5) is 16.7. The predicted octanol–water partition coefficient (Wildman–Crippen LogP) is 2.72. The fourth-order valence-corrected chi connectivity index (χ4v) is 1.75. The Morgan fingerprint density at radius 1 is 1.45 bits per heavy atom. The third kappa shape index (κ3) is 5.84. The number of carbonyl (C=O) groups excluding carboxylic acids is 1. The molecule has 1 rings (SSSR count). The van der Waals surface area contributed by atoms with Crippen LogP contribution in [0.15, 0.2) is 24.4 Å². The van der Waals surface area contributed by atoms with Gasteiger partial charge in [0.25, 0.3) is 0 Å². The second-order valence-corrected chi connectivity index (χ2v) is 5.09. The number of hydrogen-bond donors (Lipinski definition) is 1. The summed E-state index contributed by atoms with van der Waals surface area (Å²) in [6.07, 6.45) is 2.48. The fourth-order valence-electron chi connectivity index (χ4n) is 1.53. The smallest absolute Gasteiger partial charge is 0.322 e. The molecule has 112 valence electrons. The molecule has 1 N–H and O–H groups in total. The minimum atomic E-state index is -0.631. The summed E-state index contributed by atoms with van der Waals surface area (Å²) < 4.78 is 5.29. The Morgan fingerprint density at radius 3 is 2.65 bits per heavy atom. The normalized spacial score (nSPS) is 11.4. The fraction of sp³-hybridized carbons (Fsp3) is 0.500. The molecule has 0 aliphatic carbocycles. The Balaban J connectivity index is 0.00000361. The van der Waals surface area contributed by atoms with E-state index in [1.165, 1.54) is 0 Å². The van der Waals surface area contributed by atoms with E-state index in [4.69, 9.17) is 17.0 Å². The van der Waals surface area contributed by atoms with Crippen LogP contribution in [-0.2, 0) is 9.53 Å². The van der Waals surface area contributed by atoms with E-state index in [1.807, 2.05) is 6.07 Å². The van der Waals surface area contributed by atoms with Gasteiger partial charge in [0.05, 0.1) is 17.3 Å². The van der Waals surface area contributed by atoms with E-state index >= 15 is 0 Å². The third-order valence-electron chi connectivity index (χ3n) is 2.67. The number of thiocarbonyl (C=S) groups is 1. The van der Waals surface area contributed by atoms with Gasteiger partial charge in [-0.1, -0.05) is 32.1 Å². The van der Waals surface area contributed by atoms with E-state index in [0.717, 1.165) is 6.42 Å². The first-order chi connectivity index (χ1) is 9.06. The molecule has 4 nitrogen and oxygen atoms in total. The molecule has 6 heteroatoms. The van der Waals surface area contributed by atoms with Gasteiger partial charge in [-0.3, -0.25) is 9.78 Å². The average Bonchev–Trinajstić information content (AvgIpc) is 2.39. The van der Waals surface area contributed by atoms with Crippen molar-refractivity contribution in [1.82, 2.24) is 10.3 Å². The molecule has 0 aliphatic heterocycles. The molecule has 1 heterocycles. The first kappa shape index (κ1) is 18.8. The van der Waals surface area contributed by atoms with Gasteiger partial charge in [-0.25, -0.2) is 0 Å². The number of nitrogens with one attached hydrogen (secondary N) is 1. The maximum atomic E-state index is 12.1. The third-order valence-corrected chi connectivity index (χ3v) is 3.11. The second kappa shape index (κ2) is 9.66. The molecule has 0 saturated carbocycles. The van der Waals surface area contributed by atoms with Gasteiger partial charge in [-0.2, -0.15) is 0 Å². The molecule has 0 aromatic carbocycles. The van der Waals surface area contributed by atoms with Crippen LogP contribution in [0.1, 0.15) is 31.9 Å². The molecule has 20 heavy (non-hydrogen) atoms.